The first-order chi connectivity index (χ1) is 13.2. The van der Waals surface area contributed by atoms with Crippen molar-refractivity contribution in [1.29, 1.82) is 0 Å². The van der Waals surface area contributed by atoms with E-state index >= 15 is 0 Å². The average Bonchev–Trinajstić information content (AvgIpc) is 2.71. The maximum atomic E-state index is 11.3. The second kappa shape index (κ2) is 12.0. The Hall–Kier alpha value is -2.45. The summed E-state index contributed by atoms with van der Waals surface area (Å²) in [5.74, 6) is 0. The van der Waals surface area contributed by atoms with Crippen molar-refractivity contribution in [2.24, 2.45) is 0 Å². The number of carbonyl (C=O) groups excluding carboxylic acids is 3. The van der Waals surface area contributed by atoms with Gasteiger partial charge >= 0.3 is 0 Å². The number of amides is 3. The number of nitrogens with zero attached hydrogens (tertiary/aromatic N) is 4. The minimum Gasteiger partial charge on any atom is -0.361 e. The van der Waals surface area contributed by atoms with E-state index in [1.54, 1.807) is 14.7 Å². The maximum Gasteiger partial charge on any atom is 0.209 e. The van der Waals surface area contributed by atoms with Crippen LogP contribution in [0.2, 0.25) is 0 Å². The van der Waals surface area contributed by atoms with Crippen LogP contribution < -0.4 is 0 Å². The highest BCUT2D eigenvalue weighted by atomic mass is 16.5. The molecule has 3 amide bonds. The van der Waals surface area contributed by atoms with Gasteiger partial charge < -0.3 is 19.4 Å². The molecule has 1 fully saturated rings. The van der Waals surface area contributed by atoms with Crippen molar-refractivity contribution in [3.63, 3.8) is 0 Å². The average molecular weight is 376 g/mol. The molecule has 0 unspecified atom stereocenters. The van der Waals surface area contributed by atoms with Gasteiger partial charge in [0.05, 0.1) is 13.3 Å². The molecule has 0 spiro atoms. The summed E-state index contributed by atoms with van der Waals surface area (Å²) >= 11 is 0. The number of rotatable bonds is 7. The zero-order valence-corrected chi connectivity index (χ0v) is 15.6. The number of hydrogen-bond acceptors (Lipinski definition) is 5. The Bertz CT molecular complexity index is 548. The van der Waals surface area contributed by atoms with E-state index in [4.69, 9.17) is 4.74 Å². The second-order valence-corrected chi connectivity index (χ2v) is 6.51. The van der Waals surface area contributed by atoms with Crippen molar-refractivity contribution < 1.29 is 19.1 Å². The predicted molar refractivity (Wildman–Crippen MR) is 101 cm³/mol. The molecule has 0 aliphatic carbocycles. The van der Waals surface area contributed by atoms with E-state index in [9.17, 15) is 14.4 Å². The Morgan fingerprint density at radius 3 is 1.59 bits per heavy atom. The number of carbonyl (C=O) groups is 3. The first-order valence-corrected chi connectivity index (χ1v) is 9.17. The lowest BCUT2D eigenvalue weighted by molar-refractivity contribution is -0.123. The highest BCUT2D eigenvalue weighted by molar-refractivity contribution is 5.49. The molecule has 1 aliphatic rings. The third kappa shape index (κ3) is 7.76. The summed E-state index contributed by atoms with van der Waals surface area (Å²) in [6.07, 6.45) is 2.40. The van der Waals surface area contributed by atoms with Crippen molar-refractivity contribution in [3.8, 4) is 0 Å². The van der Waals surface area contributed by atoms with Crippen LogP contribution in [-0.4, -0.2) is 97.9 Å². The molecule has 1 saturated heterocycles. The smallest absolute Gasteiger partial charge is 0.209 e. The van der Waals surface area contributed by atoms with Crippen molar-refractivity contribution in [1.82, 2.24) is 19.6 Å². The Labute approximate surface area is 160 Å². The number of benzene rings is 1. The van der Waals surface area contributed by atoms with Crippen molar-refractivity contribution >= 4 is 19.2 Å². The van der Waals surface area contributed by atoms with Gasteiger partial charge in [-0.25, -0.2) is 0 Å². The minimum absolute atomic E-state index is 0.425. The lowest BCUT2D eigenvalue weighted by atomic mass is 10.2. The quantitative estimate of drug-likeness (QED) is 0.619. The molecule has 0 N–H and O–H groups in total. The zero-order valence-electron chi connectivity index (χ0n) is 15.6. The fourth-order valence-electron chi connectivity index (χ4n) is 2.81. The number of hydrogen-bond donors (Lipinski definition) is 0. The van der Waals surface area contributed by atoms with E-state index in [2.05, 4.69) is 4.90 Å². The van der Waals surface area contributed by atoms with Gasteiger partial charge in [-0.1, -0.05) is 30.3 Å². The monoisotopic (exact) mass is 376 g/mol. The third-order valence-corrected chi connectivity index (χ3v) is 4.59. The largest absolute Gasteiger partial charge is 0.361 e. The summed E-state index contributed by atoms with van der Waals surface area (Å²) in [6.45, 7) is 5.18. The van der Waals surface area contributed by atoms with Gasteiger partial charge in [-0.15, -0.1) is 0 Å². The molecule has 27 heavy (non-hydrogen) atoms. The van der Waals surface area contributed by atoms with Gasteiger partial charge in [-0.2, -0.15) is 0 Å². The van der Waals surface area contributed by atoms with E-state index in [0.717, 1.165) is 24.8 Å². The van der Waals surface area contributed by atoms with E-state index in [-0.39, 0.29) is 0 Å². The molecule has 1 aromatic carbocycles. The summed E-state index contributed by atoms with van der Waals surface area (Å²) in [5.41, 5.74) is 1.10. The van der Waals surface area contributed by atoms with Crippen molar-refractivity contribution in [3.05, 3.63) is 35.9 Å². The Kier molecular flexibility index (Phi) is 9.29. The molecule has 0 bridgehead atoms. The maximum absolute atomic E-state index is 11.3. The van der Waals surface area contributed by atoms with E-state index in [0.29, 0.717) is 65.7 Å². The molecular formula is C19H28N4O4. The summed E-state index contributed by atoms with van der Waals surface area (Å²) in [6, 6.07) is 9.94. The molecule has 0 atom stereocenters. The summed E-state index contributed by atoms with van der Waals surface area (Å²) in [4.78, 5) is 40.7. The molecule has 2 rings (SSSR count). The zero-order chi connectivity index (χ0) is 19.3. The second-order valence-electron chi connectivity index (χ2n) is 6.51. The van der Waals surface area contributed by atoms with Crippen LogP contribution in [0.1, 0.15) is 5.56 Å². The standard InChI is InChI=1S/C19H28N4O4/c24-15-20-6-8-21(16-25)10-12-23(13-11-22(17-26)9-7-20)18-27-14-19-4-2-1-3-5-19/h1-5,15-17H,6-14,18H2. The molecule has 0 radical (unpaired) electrons. The Balaban J connectivity index is 1.91. The van der Waals surface area contributed by atoms with Crippen LogP contribution in [0.15, 0.2) is 30.3 Å². The molecule has 1 aromatic rings. The van der Waals surface area contributed by atoms with Crippen LogP contribution in [0.3, 0.4) is 0 Å². The van der Waals surface area contributed by atoms with Crippen LogP contribution in [-0.2, 0) is 25.7 Å². The van der Waals surface area contributed by atoms with Crippen LogP contribution in [0.25, 0.3) is 0 Å². The summed E-state index contributed by atoms with van der Waals surface area (Å²) < 4.78 is 5.81. The summed E-state index contributed by atoms with van der Waals surface area (Å²) in [7, 11) is 0. The Morgan fingerprint density at radius 1 is 0.704 bits per heavy atom. The molecule has 8 heteroatoms. The minimum atomic E-state index is 0.425. The molecule has 8 nitrogen and oxygen atoms in total. The van der Waals surface area contributed by atoms with Gasteiger partial charge in [0.25, 0.3) is 0 Å². The highest BCUT2D eigenvalue weighted by Crippen LogP contribution is 2.03. The van der Waals surface area contributed by atoms with Crippen molar-refractivity contribution in [2.45, 2.75) is 6.61 Å². The van der Waals surface area contributed by atoms with Gasteiger partial charge in [0.2, 0.25) is 19.2 Å². The van der Waals surface area contributed by atoms with Crippen LogP contribution >= 0.6 is 0 Å². The molecule has 1 heterocycles. The van der Waals surface area contributed by atoms with Crippen LogP contribution in [0.5, 0.6) is 0 Å². The lowest BCUT2D eigenvalue weighted by Gasteiger charge is -2.30. The van der Waals surface area contributed by atoms with Gasteiger partial charge in [0.15, 0.2) is 0 Å². The van der Waals surface area contributed by atoms with Gasteiger partial charge in [-0.3, -0.25) is 19.3 Å². The topological polar surface area (TPSA) is 73.4 Å². The fourth-order valence-corrected chi connectivity index (χ4v) is 2.81. The van der Waals surface area contributed by atoms with Crippen LogP contribution in [0.4, 0.5) is 0 Å². The first kappa shape index (κ1) is 20.9. The molecular weight excluding hydrogens is 348 g/mol. The predicted octanol–water partition coefficient (Wildman–Crippen LogP) is -0.148. The Morgan fingerprint density at radius 2 is 1.15 bits per heavy atom. The van der Waals surface area contributed by atoms with E-state index in [1.165, 1.54) is 0 Å². The SMILES string of the molecule is O=CN1CCN(C=O)CCN(COCc2ccccc2)CCN(C=O)CC1. The van der Waals surface area contributed by atoms with Crippen molar-refractivity contribution in [2.75, 3.05) is 59.1 Å². The molecule has 0 aromatic heterocycles. The highest BCUT2D eigenvalue weighted by Gasteiger charge is 2.14. The van der Waals surface area contributed by atoms with E-state index < -0.39 is 0 Å². The van der Waals surface area contributed by atoms with Gasteiger partial charge in [-0.05, 0) is 5.56 Å². The van der Waals surface area contributed by atoms with Gasteiger partial charge in [0.1, 0.15) is 0 Å². The fraction of sp³-hybridized carbons (Fsp3) is 0.526. The molecule has 148 valence electrons. The molecule has 0 saturated carbocycles. The number of ether oxygens (including phenoxy) is 1. The normalized spacial score (nSPS) is 17.7. The van der Waals surface area contributed by atoms with Gasteiger partial charge in [0, 0.05) is 52.4 Å². The summed E-state index contributed by atoms with van der Waals surface area (Å²) in [5, 5.41) is 0. The van der Waals surface area contributed by atoms with E-state index in [1.807, 2.05) is 30.3 Å². The lowest BCUT2D eigenvalue weighted by Crippen LogP contribution is -2.45. The molecule has 1 aliphatic heterocycles. The first-order valence-electron chi connectivity index (χ1n) is 9.17. The third-order valence-electron chi connectivity index (χ3n) is 4.59. The van der Waals surface area contributed by atoms with Crippen LogP contribution in [0, 0.1) is 0 Å².